The lowest BCUT2D eigenvalue weighted by Crippen LogP contribution is -2.46. The summed E-state index contributed by atoms with van der Waals surface area (Å²) in [4.78, 5) is 0. The summed E-state index contributed by atoms with van der Waals surface area (Å²) in [5.41, 5.74) is 1.31. The van der Waals surface area contributed by atoms with Gasteiger partial charge in [0, 0.05) is 31.6 Å². The van der Waals surface area contributed by atoms with E-state index in [-0.39, 0.29) is 0 Å². The van der Waals surface area contributed by atoms with Gasteiger partial charge < -0.3 is 13.3 Å². The largest absolute Gasteiger partial charge is 0.500 e. The summed E-state index contributed by atoms with van der Waals surface area (Å²) in [6.45, 7) is 7.86. The van der Waals surface area contributed by atoms with Crippen LogP contribution < -0.4 is 0 Å². The third kappa shape index (κ3) is 8.99. The summed E-state index contributed by atoms with van der Waals surface area (Å²) in [7, 11) is -2.50. The van der Waals surface area contributed by atoms with Crippen molar-refractivity contribution in [2.45, 2.75) is 39.0 Å². The molecule has 0 amide bonds. The second-order valence-electron chi connectivity index (χ2n) is 4.96. The van der Waals surface area contributed by atoms with E-state index in [1.165, 1.54) is 5.56 Å². The van der Waals surface area contributed by atoms with Gasteiger partial charge in [-0.15, -0.1) is 23.5 Å². The van der Waals surface area contributed by atoms with Crippen molar-refractivity contribution in [2.24, 2.45) is 0 Å². The average Bonchev–Trinajstić information content (AvgIpc) is 2.59. The topological polar surface area (TPSA) is 27.7 Å². The van der Waals surface area contributed by atoms with Crippen molar-refractivity contribution in [3.63, 3.8) is 0 Å². The van der Waals surface area contributed by atoms with Crippen molar-refractivity contribution in [1.29, 1.82) is 0 Å². The second kappa shape index (κ2) is 13.3. The zero-order valence-corrected chi connectivity index (χ0v) is 18.2. The van der Waals surface area contributed by atoms with Crippen LogP contribution >= 0.6 is 35.7 Å². The van der Waals surface area contributed by atoms with Crippen LogP contribution in [0.3, 0.4) is 0 Å². The molecule has 136 valence electrons. The highest BCUT2D eigenvalue weighted by Gasteiger charge is 2.39. The van der Waals surface area contributed by atoms with Crippen LogP contribution in [0.15, 0.2) is 30.3 Å². The highest BCUT2D eigenvalue weighted by molar-refractivity contribution is 8.46. The van der Waals surface area contributed by atoms with Gasteiger partial charge in [-0.2, -0.15) is 0 Å². The molecule has 0 N–H and O–H groups in total. The molecule has 3 nitrogen and oxygen atoms in total. The normalized spacial score (nSPS) is 11.6. The summed E-state index contributed by atoms with van der Waals surface area (Å²) >= 11 is 8.93. The van der Waals surface area contributed by atoms with Gasteiger partial charge in [0.05, 0.1) is 0 Å². The molecule has 0 spiro atoms. The lowest BCUT2D eigenvalue weighted by atomic mass is 10.2. The first-order valence-corrected chi connectivity index (χ1v) is 12.7. The Morgan fingerprint density at radius 2 is 1.54 bits per heavy atom. The molecule has 0 aliphatic rings. The first kappa shape index (κ1) is 22.1. The van der Waals surface area contributed by atoms with Crippen LogP contribution in [0.5, 0.6) is 0 Å². The molecule has 0 aliphatic heterocycles. The van der Waals surface area contributed by atoms with Crippen LogP contribution in [0.25, 0.3) is 0 Å². The van der Waals surface area contributed by atoms with Gasteiger partial charge in [0.2, 0.25) is 0 Å². The molecule has 0 aliphatic carbocycles. The van der Waals surface area contributed by atoms with Crippen LogP contribution in [-0.2, 0) is 19.0 Å². The third-order valence-corrected chi connectivity index (χ3v) is 9.15. The minimum atomic E-state index is -2.50. The molecule has 0 unspecified atom stereocenters. The van der Waals surface area contributed by atoms with Crippen molar-refractivity contribution >= 4 is 48.1 Å². The van der Waals surface area contributed by atoms with Crippen molar-refractivity contribution < 1.29 is 13.3 Å². The highest BCUT2D eigenvalue weighted by atomic mass is 32.2. The molecule has 1 rings (SSSR count). The highest BCUT2D eigenvalue weighted by Crippen LogP contribution is 2.25. The van der Waals surface area contributed by atoms with Gasteiger partial charge in [-0.25, -0.2) is 0 Å². The first-order valence-electron chi connectivity index (χ1n) is 8.41. The maximum atomic E-state index is 5.87. The van der Waals surface area contributed by atoms with Crippen LogP contribution in [-0.4, -0.2) is 37.9 Å². The number of benzene rings is 1. The predicted molar refractivity (Wildman–Crippen MR) is 113 cm³/mol. The van der Waals surface area contributed by atoms with Gasteiger partial charge in [0.25, 0.3) is 0 Å². The SMILES string of the molecule is CCO[Si](CCCSC(=S)SCc1ccccc1)(OCC)OCC. The maximum Gasteiger partial charge on any atom is 0.500 e. The molecule has 0 radical (unpaired) electrons. The van der Waals surface area contributed by atoms with Crippen molar-refractivity contribution in [3.8, 4) is 0 Å². The number of hydrogen-bond donors (Lipinski definition) is 0. The molecule has 0 heterocycles. The summed E-state index contributed by atoms with van der Waals surface area (Å²) in [5.74, 6) is 1.91. The molecule has 1 aromatic rings. The summed E-state index contributed by atoms with van der Waals surface area (Å²) in [5, 5.41) is 0. The number of thiocarbonyl (C=S) groups is 1. The van der Waals surface area contributed by atoms with E-state index in [1.54, 1.807) is 23.5 Å². The Bertz CT molecular complexity index is 443. The van der Waals surface area contributed by atoms with Crippen LogP contribution in [0, 0.1) is 0 Å². The minimum absolute atomic E-state index is 0.630. The van der Waals surface area contributed by atoms with Gasteiger partial charge >= 0.3 is 8.80 Å². The summed E-state index contributed by atoms with van der Waals surface area (Å²) < 4.78 is 18.6. The second-order valence-corrected chi connectivity index (χ2v) is 11.0. The van der Waals surface area contributed by atoms with E-state index in [2.05, 4.69) is 24.3 Å². The first-order chi connectivity index (χ1) is 11.7. The maximum absolute atomic E-state index is 5.87. The third-order valence-electron chi connectivity index (χ3n) is 3.14. The van der Waals surface area contributed by atoms with Crippen LogP contribution in [0.1, 0.15) is 32.8 Å². The van der Waals surface area contributed by atoms with Gasteiger partial charge in [-0.05, 0) is 38.5 Å². The summed E-state index contributed by atoms with van der Waals surface area (Å²) in [6, 6.07) is 11.3. The minimum Gasteiger partial charge on any atom is -0.374 e. The van der Waals surface area contributed by atoms with Gasteiger partial charge in [-0.3, -0.25) is 0 Å². The van der Waals surface area contributed by atoms with E-state index in [4.69, 9.17) is 25.5 Å². The van der Waals surface area contributed by atoms with E-state index in [9.17, 15) is 0 Å². The van der Waals surface area contributed by atoms with E-state index in [0.29, 0.717) is 19.8 Å². The van der Waals surface area contributed by atoms with Gasteiger partial charge in [0.1, 0.15) is 3.53 Å². The molecule has 0 saturated carbocycles. The standard InChI is InChI=1S/C17H28O3S3Si/c1-4-18-24(19-5-2,20-6-3)14-10-13-22-17(21)23-15-16-11-8-7-9-12-16/h7-9,11-12H,4-6,10,13-15H2,1-3H3. The predicted octanol–water partition coefficient (Wildman–Crippen LogP) is 5.38. The molecule has 1 aromatic carbocycles. The van der Waals surface area contributed by atoms with E-state index < -0.39 is 8.80 Å². The quantitative estimate of drug-likeness (QED) is 0.264. The number of thioether (sulfide) groups is 2. The Morgan fingerprint density at radius 3 is 2.08 bits per heavy atom. The van der Waals surface area contributed by atoms with Crippen LogP contribution in [0.4, 0.5) is 0 Å². The fourth-order valence-electron chi connectivity index (χ4n) is 2.20. The Labute approximate surface area is 161 Å². The van der Waals surface area contributed by atoms with Crippen molar-refractivity contribution in [3.05, 3.63) is 35.9 Å². The monoisotopic (exact) mass is 404 g/mol. The van der Waals surface area contributed by atoms with Crippen molar-refractivity contribution in [2.75, 3.05) is 25.6 Å². The summed E-state index contributed by atoms with van der Waals surface area (Å²) in [6.07, 6.45) is 0.989. The Balaban J connectivity index is 2.29. The van der Waals surface area contributed by atoms with Crippen molar-refractivity contribution in [1.82, 2.24) is 0 Å². The fraction of sp³-hybridized carbons (Fsp3) is 0.588. The molecular weight excluding hydrogens is 376 g/mol. The average molecular weight is 405 g/mol. The molecule has 7 heteroatoms. The number of rotatable bonds is 12. The molecule has 0 bridgehead atoms. The van der Waals surface area contributed by atoms with Crippen LogP contribution in [0.2, 0.25) is 6.04 Å². The molecule has 0 aromatic heterocycles. The zero-order chi connectivity index (χ0) is 17.7. The lowest BCUT2D eigenvalue weighted by molar-refractivity contribution is 0.0712. The van der Waals surface area contributed by atoms with Gasteiger partial charge in [-0.1, -0.05) is 42.5 Å². The smallest absolute Gasteiger partial charge is 0.374 e. The van der Waals surface area contributed by atoms with E-state index >= 15 is 0 Å². The van der Waals surface area contributed by atoms with E-state index in [1.807, 2.05) is 26.8 Å². The Hall–Kier alpha value is 0.107. The lowest BCUT2D eigenvalue weighted by Gasteiger charge is -2.28. The fourth-order valence-corrected chi connectivity index (χ4v) is 7.19. The number of hydrogen-bond acceptors (Lipinski definition) is 6. The Morgan fingerprint density at radius 1 is 0.958 bits per heavy atom. The molecular formula is C17H28O3S3Si. The molecule has 0 atom stereocenters. The molecule has 24 heavy (non-hydrogen) atoms. The van der Waals surface area contributed by atoms with E-state index in [0.717, 1.165) is 27.5 Å². The molecule has 0 saturated heterocycles. The van der Waals surface area contributed by atoms with Gasteiger partial charge in [0.15, 0.2) is 0 Å². The molecule has 0 fully saturated rings. The Kier molecular flexibility index (Phi) is 12.3. The zero-order valence-electron chi connectivity index (χ0n) is 14.8.